The van der Waals surface area contributed by atoms with Crippen LogP contribution < -0.4 is 0 Å². The van der Waals surface area contributed by atoms with Crippen molar-refractivity contribution >= 4 is 63.0 Å². The van der Waals surface area contributed by atoms with Gasteiger partial charge in [0, 0.05) is 10.0 Å². The summed E-state index contributed by atoms with van der Waals surface area (Å²) in [7, 11) is 0. The van der Waals surface area contributed by atoms with Crippen molar-refractivity contribution in [2.45, 2.75) is 6.54 Å². The Hall–Kier alpha value is -2.27. The Bertz CT molecular complexity index is 1110. The summed E-state index contributed by atoms with van der Waals surface area (Å²) >= 11 is 13.0. The molecule has 134 valence electrons. The summed E-state index contributed by atoms with van der Waals surface area (Å²) in [6.45, 7) is 0.237. The van der Waals surface area contributed by atoms with Crippen molar-refractivity contribution in [3.63, 3.8) is 0 Å². The Balaban J connectivity index is 1.59. The molecule has 0 saturated carbocycles. The van der Waals surface area contributed by atoms with E-state index in [0.717, 1.165) is 28.1 Å². The second-order valence-corrected chi connectivity index (χ2v) is 7.95. The van der Waals surface area contributed by atoms with Crippen LogP contribution in [0.15, 0.2) is 65.6 Å². The van der Waals surface area contributed by atoms with Crippen LogP contribution in [0.2, 0.25) is 10.0 Å². The van der Waals surface area contributed by atoms with Crippen LogP contribution in [-0.4, -0.2) is 16.0 Å². The number of hydrogen-bond acceptors (Lipinski definition) is 3. The molecule has 2 amide bonds. The van der Waals surface area contributed by atoms with Gasteiger partial charge >= 0.3 is 0 Å². The maximum absolute atomic E-state index is 12.7. The number of carbonyl (C=O) groups is 2. The predicted octanol–water partition coefficient (Wildman–Crippen LogP) is 6.38. The van der Waals surface area contributed by atoms with E-state index in [1.165, 1.54) is 4.90 Å². The summed E-state index contributed by atoms with van der Waals surface area (Å²) in [5.74, 6) is -0.316. The van der Waals surface area contributed by atoms with Crippen molar-refractivity contribution in [3.05, 3.63) is 86.7 Å². The first-order valence-corrected chi connectivity index (χ1v) is 9.76. The van der Waals surface area contributed by atoms with Gasteiger partial charge in [0.1, 0.15) is 0 Å². The first-order valence-electron chi connectivity index (χ1n) is 8.19. The van der Waals surface area contributed by atoms with Gasteiger partial charge in [-0.25, -0.2) is 0 Å². The van der Waals surface area contributed by atoms with Crippen LogP contribution in [0.1, 0.15) is 11.1 Å². The van der Waals surface area contributed by atoms with E-state index in [9.17, 15) is 9.59 Å². The SMILES string of the molecule is O=C1S/C(=C\c2ccc(Cl)cc2Cl)C(=O)N1Cc1ccc2ccccc2c1. The molecule has 0 aromatic heterocycles. The molecule has 0 bridgehead atoms. The highest BCUT2D eigenvalue weighted by Crippen LogP contribution is 2.35. The third kappa shape index (κ3) is 3.74. The molecule has 27 heavy (non-hydrogen) atoms. The molecule has 0 spiro atoms. The average Bonchev–Trinajstić information content (AvgIpc) is 2.91. The largest absolute Gasteiger partial charge is 0.293 e. The summed E-state index contributed by atoms with van der Waals surface area (Å²) in [5, 5.41) is 2.85. The molecular weight excluding hydrogens is 401 g/mol. The molecule has 1 heterocycles. The third-order valence-corrected chi connectivity index (χ3v) is 5.75. The molecule has 0 aliphatic carbocycles. The molecule has 1 saturated heterocycles. The Labute approximate surface area is 170 Å². The Morgan fingerprint density at radius 2 is 1.70 bits per heavy atom. The number of nitrogens with zero attached hydrogens (tertiary/aromatic N) is 1. The fourth-order valence-corrected chi connectivity index (χ4v) is 4.21. The van der Waals surface area contributed by atoms with E-state index in [2.05, 4.69) is 0 Å². The molecule has 6 heteroatoms. The van der Waals surface area contributed by atoms with E-state index in [-0.39, 0.29) is 17.7 Å². The number of amides is 2. The van der Waals surface area contributed by atoms with Gasteiger partial charge in [0.25, 0.3) is 11.1 Å². The van der Waals surface area contributed by atoms with Gasteiger partial charge in [-0.3, -0.25) is 14.5 Å². The lowest BCUT2D eigenvalue weighted by Gasteiger charge is -2.13. The normalized spacial score (nSPS) is 15.9. The quantitative estimate of drug-likeness (QED) is 0.467. The molecule has 0 unspecified atom stereocenters. The number of halogens is 2. The van der Waals surface area contributed by atoms with Gasteiger partial charge in [-0.1, -0.05) is 65.7 Å². The molecule has 3 aromatic carbocycles. The van der Waals surface area contributed by atoms with E-state index >= 15 is 0 Å². The predicted molar refractivity (Wildman–Crippen MR) is 112 cm³/mol. The smallest absolute Gasteiger partial charge is 0.268 e. The Morgan fingerprint density at radius 1 is 0.926 bits per heavy atom. The second-order valence-electron chi connectivity index (χ2n) is 6.12. The van der Waals surface area contributed by atoms with Crippen LogP contribution in [0, 0.1) is 0 Å². The van der Waals surface area contributed by atoms with E-state index < -0.39 is 0 Å². The molecule has 4 rings (SSSR count). The fourth-order valence-electron chi connectivity index (χ4n) is 2.92. The standard InChI is InChI=1S/C21H13Cl2NO2S/c22-17-8-7-16(18(23)11-17)10-19-20(25)24(21(26)27-19)12-13-5-6-14-3-1-2-4-15(14)9-13/h1-11H,12H2/b19-10-. The van der Waals surface area contributed by atoms with Crippen LogP contribution in [0.5, 0.6) is 0 Å². The highest BCUT2D eigenvalue weighted by molar-refractivity contribution is 8.18. The van der Waals surface area contributed by atoms with E-state index in [0.29, 0.717) is 20.5 Å². The zero-order chi connectivity index (χ0) is 19.0. The summed E-state index contributed by atoms with van der Waals surface area (Å²) in [6.07, 6.45) is 1.63. The number of benzene rings is 3. The van der Waals surface area contributed by atoms with Crippen LogP contribution in [0.3, 0.4) is 0 Å². The zero-order valence-corrected chi connectivity index (χ0v) is 16.3. The van der Waals surface area contributed by atoms with Gasteiger partial charge in [-0.15, -0.1) is 0 Å². The van der Waals surface area contributed by atoms with Gasteiger partial charge in [0.2, 0.25) is 0 Å². The highest BCUT2D eigenvalue weighted by Gasteiger charge is 2.35. The number of imide groups is 1. The van der Waals surface area contributed by atoms with Gasteiger partial charge in [-0.2, -0.15) is 0 Å². The van der Waals surface area contributed by atoms with Crippen molar-refractivity contribution in [2.75, 3.05) is 0 Å². The molecule has 0 N–H and O–H groups in total. The number of rotatable bonds is 3. The summed E-state index contributed by atoms with van der Waals surface area (Å²) < 4.78 is 0. The molecule has 1 aliphatic rings. The molecular formula is C21H13Cl2NO2S. The van der Waals surface area contributed by atoms with Gasteiger partial charge in [-0.05, 0) is 57.9 Å². The molecule has 0 atom stereocenters. The van der Waals surface area contributed by atoms with Crippen LogP contribution in [-0.2, 0) is 11.3 Å². The van der Waals surface area contributed by atoms with Gasteiger partial charge < -0.3 is 0 Å². The lowest BCUT2D eigenvalue weighted by atomic mass is 10.1. The lowest BCUT2D eigenvalue weighted by molar-refractivity contribution is -0.123. The molecule has 3 aromatic rings. The monoisotopic (exact) mass is 413 g/mol. The minimum Gasteiger partial charge on any atom is -0.268 e. The minimum absolute atomic E-state index is 0.237. The maximum atomic E-state index is 12.7. The number of thioether (sulfide) groups is 1. The van der Waals surface area contributed by atoms with Crippen molar-refractivity contribution < 1.29 is 9.59 Å². The Kier molecular flexibility index (Phi) is 4.96. The van der Waals surface area contributed by atoms with E-state index in [1.54, 1.807) is 24.3 Å². The molecule has 1 fully saturated rings. The minimum atomic E-state index is -0.316. The maximum Gasteiger partial charge on any atom is 0.293 e. The molecule has 0 radical (unpaired) electrons. The average molecular weight is 414 g/mol. The third-order valence-electron chi connectivity index (χ3n) is 4.28. The summed E-state index contributed by atoms with van der Waals surface area (Å²) in [5.41, 5.74) is 1.55. The highest BCUT2D eigenvalue weighted by atomic mass is 35.5. The summed E-state index contributed by atoms with van der Waals surface area (Å²) in [4.78, 5) is 26.7. The molecule has 1 aliphatic heterocycles. The second kappa shape index (κ2) is 7.39. The van der Waals surface area contributed by atoms with Crippen molar-refractivity contribution in [1.82, 2.24) is 4.90 Å². The van der Waals surface area contributed by atoms with Gasteiger partial charge in [0.05, 0.1) is 11.4 Å². The number of fused-ring (bicyclic) bond motifs is 1. The number of hydrogen-bond donors (Lipinski definition) is 0. The van der Waals surface area contributed by atoms with Crippen LogP contribution >= 0.6 is 35.0 Å². The lowest BCUT2D eigenvalue weighted by Crippen LogP contribution is -2.27. The first kappa shape index (κ1) is 18.1. The van der Waals surface area contributed by atoms with Crippen molar-refractivity contribution in [3.8, 4) is 0 Å². The first-order chi connectivity index (χ1) is 13.0. The van der Waals surface area contributed by atoms with Crippen LogP contribution in [0.25, 0.3) is 16.8 Å². The number of carbonyl (C=O) groups excluding carboxylic acids is 2. The van der Waals surface area contributed by atoms with E-state index in [4.69, 9.17) is 23.2 Å². The Morgan fingerprint density at radius 3 is 2.48 bits per heavy atom. The molecule has 3 nitrogen and oxygen atoms in total. The van der Waals surface area contributed by atoms with Crippen LogP contribution in [0.4, 0.5) is 4.79 Å². The topological polar surface area (TPSA) is 37.4 Å². The zero-order valence-electron chi connectivity index (χ0n) is 14.0. The van der Waals surface area contributed by atoms with E-state index in [1.807, 2.05) is 42.5 Å². The van der Waals surface area contributed by atoms with Crippen molar-refractivity contribution in [1.29, 1.82) is 0 Å². The van der Waals surface area contributed by atoms with Crippen molar-refractivity contribution in [2.24, 2.45) is 0 Å². The fraction of sp³-hybridized carbons (Fsp3) is 0.0476. The summed E-state index contributed by atoms with van der Waals surface area (Å²) in [6, 6.07) is 18.9. The van der Waals surface area contributed by atoms with Gasteiger partial charge in [0.15, 0.2) is 0 Å².